The summed E-state index contributed by atoms with van der Waals surface area (Å²) in [5, 5.41) is 3.50. The molecule has 0 aromatic heterocycles. The number of benzene rings is 2. The van der Waals surface area contributed by atoms with E-state index in [1.807, 2.05) is 12.1 Å². The van der Waals surface area contributed by atoms with Crippen molar-refractivity contribution in [3.05, 3.63) is 84.1 Å². The second kappa shape index (κ2) is 6.24. The van der Waals surface area contributed by atoms with E-state index in [2.05, 4.69) is 74.3 Å². The lowest BCUT2D eigenvalue weighted by Crippen LogP contribution is -2.20. The molecule has 0 radical (unpaired) electrons. The predicted octanol–water partition coefficient (Wildman–Crippen LogP) is 4.65. The van der Waals surface area contributed by atoms with Gasteiger partial charge in [0, 0.05) is 17.7 Å². The zero-order valence-corrected chi connectivity index (χ0v) is 11.6. The molecule has 1 heteroatoms. The Hall–Kier alpha value is -2.02. The fourth-order valence-corrected chi connectivity index (χ4v) is 2.17. The maximum atomic E-state index is 4.19. The number of nitrogens with one attached hydrogen (secondary N) is 1. The molecular formula is C18H21N. The minimum absolute atomic E-state index is 0.278. The van der Waals surface area contributed by atoms with E-state index < -0.39 is 0 Å². The topological polar surface area (TPSA) is 12.0 Å². The Morgan fingerprint density at radius 3 is 1.84 bits per heavy atom. The molecule has 0 saturated carbocycles. The van der Waals surface area contributed by atoms with E-state index in [1.165, 1.54) is 11.1 Å². The smallest absolute Gasteiger partial charge is 0.0482 e. The minimum Gasteiger partial charge on any atom is -0.382 e. The fourth-order valence-electron chi connectivity index (χ4n) is 2.17. The van der Waals surface area contributed by atoms with Gasteiger partial charge in [-0.2, -0.15) is 0 Å². The SMILES string of the molecule is C=C(NC(C)c1ccccc1)C(C)c1ccccc1. The molecule has 0 fully saturated rings. The zero-order chi connectivity index (χ0) is 13.7. The standard InChI is InChI=1S/C18H21N/c1-14(17-10-6-4-7-11-17)15(2)19-16(3)18-12-8-5-9-13-18/h4-14,16,19H,2H2,1,3H3. The lowest BCUT2D eigenvalue weighted by atomic mass is 9.97. The van der Waals surface area contributed by atoms with Crippen molar-refractivity contribution in [2.45, 2.75) is 25.8 Å². The highest BCUT2D eigenvalue weighted by molar-refractivity contribution is 5.27. The third-order valence-corrected chi connectivity index (χ3v) is 3.52. The van der Waals surface area contributed by atoms with Crippen molar-refractivity contribution in [2.75, 3.05) is 0 Å². The summed E-state index contributed by atoms with van der Waals surface area (Å²) in [5.74, 6) is 0.312. The Balaban J connectivity index is 2.02. The van der Waals surface area contributed by atoms with E-state index in [4.69, 9.17) is 0 Å². The molecule has 0 saturated heterocycles. The zero-order valence-electron chi connectivity index (χ0n) is 11.6. The van der Waals surface area contributed by atoms with Crippen LogP contribution >= 0.6 is 0 Å². The van der Waals surface area contributed by atoms with E-state index in [9.17, 15) is 0 Å². The first-order valence-corrected chi connectivity index (χ1v) is 6.73. The molecule has 2 aromatic rings. The van der Waals surface area contributed by atoms with E-state index in [-0.39, 0.29) is 6.04 Å². The summed E-state index contributed by atoms with van der Waals surface area (Å²) in [6, 6.07) is 21.2. The number of hydrogen-bond donors (Lipinski definition) is 1. The first-order chi connectivity index (χ1) is 9.18. The Kier molecular flexibility index (Phi) is 4.40. The normalized spacial score (nSPS) is 13.6. The van der Waals surface area contributed by atoms with Crippen molar-refractivity contribution in [2.24, 2.45) is 0 Å². The van der Waals surface area contributed by atoms with Crippen LogP contribution in [-0.4, -0.2) is 0 Å². The van der Waals surface area contributed by atoms with Crippen molar-refractivity contribution in [3.63, 3.8) is 0 Å². The molecule has 0 bridgehead atoms. The summed E-state index contributed by atoms with van der Waals surface area (Å²) in [6.45, 7) is 8.53. The number of allylic oxidation sites excluding steroid dienone is 1. The molecule has 1 N–H and O–H groups in total. The molecule has 98 valence electrons. The van der Waals surface area contributed by atoms with Crippen LogP contribution in [0.1, 0.15) is 36.9 Å². The third kappa shape index (κ3) is 3.47. The van der Waals surface area contributed by atoms with Crippen LogP contribution in [0.2, 0.25) is 0 Å². The average Bonchev–Trinajstić information content (AvgIpc) is 2.48. The fraction of sp³-hybridized carbons (Fsp3) is 0.222. The molecule has 19 heavy (non-hydrogen) atoms. The monoisotopic (exact) mass is 251 g/mol. The highest BCUT2D eigenvalue weighted by Gasteiger charge is 2.12. The second-order valence-corrected chi connectivity index (χ2v) is 4.93. The highest BCUT2D eigenvalue weighted by atomic mass is 14.9. The molecular weight excluding hydrogens is 230 g/mol. The number of hydrogen-bond acceptors (Lipinski definition) is 1. The van der Waals surface area contributed by atoms with Crippen molar-refractivity contribution in [3.8, 4) is 0 Å². The number of rotatable bonds is 5. The summed E-state index contributed by atoms with van der Waals surface area (Å²) < 4.78 is 0. The summed E-state index contributed by atoms with van der Waals surface area (Å²) in [6.07, 6.45) is 0. The van der Waals surface area contributed by atoms with Gasteiger partial charge in [-0.3, -0.25) is 0 Å². The minimum atomic E-state index is 0.278. The van der Waals surface area contributed by atoms with E-state index in [0.717, 1.165) is 5.70 Å². The molecule has 2 rings (SSSR count). The van der Waals surface area contributed by atoms with Gasteiger partial charge in [-0.05, 0) is 18.1 Å². The molecule has 2 aromatic carbocycles. The van der Waals surface area contributed by atoms with Crippen molar-refractivity contribution in [1.29, 1.82) is 0 Å². The van der Waals surface area contributed by atoms with Gasteiger partial charge in [0.2, 0.25) is 0 Å². The van der Waals surface area contributed by atoms with Gasteiger partial charge in [0.15, 0.2) is 0 Å². The van der Waals surface area contributed by atoms with Crippen LogP contribution in [-0.2, 0) is 0 Å². The molecule has 0 aliphatic carbocycles. The molecule has 1 nitrogen and oxygen atoms in total. The third-order valence-electron chi connectivity index (χ3n) is 3.52. The molecule has 2 atom stereocenters. The maximum absolute atomic E-state index is 4.19. The predicted molar refractivity (Wildman–Crippen MR) is 82.0 cm³/mol. The Labute approximate surface area is 116 Å². The van der Waals surface area contributed by atoms with Gasteiger partial charge in [-0.15, -0.1) is 0 Å². The van der Waals surface area contributed by atoms with Crippen LogP contribution in [0.3, 0.4) is 0 Å². The lowest BCUT2D eigenvalue weighted by Gasteiger charge is -2.22. The van der Waals surface area contributed by atoms with E-state index in [0.29, 0.717) is 5.92 Å². The Morgan fingerprint density at radius 2 is 1.32 bits per heavy atom. The molecule has 0 amide bonds. The van der Waals surface area contributed by atoms with Crippen LogP contribution in [0, 0.1) is 0 Å². The Bertz CT molecular complexity index is 516. The van der Waals surface area contributed by atoms with Gasteiger partial charge in [0.1, 0.15) is 0 Å². The van der Waals surface area contributed by atoms with E-state index >= 15 is 0 Å². The molecule has 0 heterocycles. The van der Waals surface area contributed by atoms with Crippen LogP contribution in [0.4, 0.5) is 0 Å². The average molecular weight is 251 g/mol. The summed E-state index contributed by atoms with van der Waals surface area (Å²) in [7, 11) is 0. The lowest BCUT2D eigenvalue weighted by molar-refractivity contribution is 0.614. The van der Waals surface area contributed by atoms with Crippen molar-refractivity contribution >= 4 is 0 Å². The van der Waals surface area contributed by atoms with Crippen molar-refractivity contribution in [1.82, 2.24) is 5.32 Å². The maximum Gasteiger partial charge on any atom is 0.0482 e. The summed E-state index contributed by atoms with van der Waals surface area (Å²) in [4.78, 5) is 0. The molecule has 2 unspecified atom stereocenters. The largest absolute Gasteiger partial charge is 0.382 e. The molecule has 0 aliphatic rings. The van der Waals surface area contributed by atoms with E-state index in [1.54, 1.807) is 0 Å². The Morgan fingerprint density at radius 1 is 0.842 bits per heavy atom. The molecule has 0 spiro atoms. The van der Waals surface area contributed by atoms with Crippen LogP contribution in [0.25, 0.3) is 0 Å². The first-order valence-electron chi connectivity index (χ1n) is 6.73. The molecule has 0 aliphatic heterocycles. The van der Waals surface area contributed by atoms with Gasteiger partial charge in [-0.1, -0.05) is 74.2 Å². The van der Waals surface area contributed by atoms with Crippen LogP contribution in [0.15, 0.2) is 72.9 Å². The second-order valence-electron chi connectivity index (χ2n) is 4.93. The van der Waals surface area contributed by atoms with Gasteiger partial charge >= 0.3 is 0 Å². The summed E-state index contributed by atoms with van der Waals surface area (Å²) in [5.41, 5.74) is 3.63. The van der Waals surface area contributed by atoms with Crippen LogP contribution < -0.4 is 5.32 Å². The van der Waals surface area contributed by atoms with Gasteiger partial charge in [-0.25, -0.2) is 0 Å². The van der Waals surface area contributed by atoms with Gasteiger partial charge in [0.05, 0.1) is 0 Å². The highest BCUT2D eigenvalue weighted by Crippen LogP contribution is 2.23. The van der Waals surface area contributed by atoms with Gasteiger partial charge < -0.3 is 5.32 Å². The van der Waals surface area contributed by atoms with Gasteiger partial charge in [0.25, 0.3) is 0 Å². The first kappa shape index (κ1) is 13.4. The summed E-state index contributed by atoms with van der Waals surface area (Å²) >= 11 is 0. The quantitative estimate of drug-likeness (QED) is 0.815. The van der Waals surface area contributed by atoms with Crippen molar-refractivity contribution < 1.29 is 0 Å². The van der Waals surface area contributed by atoms with Crippen LogP contribution in [0.5, 0.6) is 0 Å².